The van der Waals surface area contributed by atoms with E-state index in [0.29, 0.717) is 25.5 Å². The molecule has 0 aliphatic heterocycles. The van der Waals surface area contributed by atoms with Crippen molar-refractivity contribution in [3.63, 3.8) is 0 Å². The second-order valence-electron chi connectivity index (χ2n) is 3.31. The van der Waals surface area contributed by atoms with E-state index in [1.807, 2.05) is 0 Å². The molecule has 7 heteroatoms. The second kappa shape index (κ2) is 7.29. The maximum atomic E-state index is 9.57. The van der Waals surface area contributed by atoms with Crippen molar-refractivity contribution in [2.24, 2.45) is 0 Å². The van der Waals surface area contributed by atoms with E-state index >= 15 is 0 Å². The highest BCUT2D eigenvalue weighted by atomic mass is 16.5. The van der Waals surface area contributed by atoms with Gasteiger partial charge in [-0.3, -0.25) is 0 Å². The Bertz CT molecular complexity index is 292. The molecular formula is C9H17N3O4. The molecule has 0 saturated carbocycles. The standard InChI is InChI=1S/C9H17N3O4/c1-15-2-3-16-7-9(14)5-12-4-8(6-13)10-11-12/h4,9,13-14H,2-3,5-7H2,1H3. The topological polar surface area (TPSA) is 89.6 Å². The Balaban J connectivity index is 2.20. The van der Waals surface area contributed by atoms with Gasteiger partial charge in [0.15, 0.2) is 0 Å². The van der Waals surface area contributed by atoms with Gasteiger partial charge in [0.2, 0.25) is 0 Å². The Morgan fingerprint density at radius 2 is 2.31 bits per heavy atom. The minimum absolute atomic E-state index is 0.152. The molecular weight excluding hydrogens is 214 g/mol. The van der Waals surface area contributed by atoms with Gasteiger partial charge in [-0.1, -0.05) is 5.21 Å². The Morgan fingerprint density at radius 1 is 1.50 bits per heavy atom. The SMILES string of the molecule is COCCOCC(O)Cn1cc(CO)nn1. The monoisotopic (exact) mass is 231 g/mol. The fourth-order valence-corrected chi connectivity index (χ4v) is 1.13. The van der Waals surface area contributed by atoms with E-state index in [2.05, 4.69) is 10.3 Å². The molecule has 1 aromatic rings. The smallest absolute Gasteiger partial charge is 0.108 e. The summed E-state index contributed by atoms with van der Waals surface area (Å²) in [6.45, 7) is 1.32. The minimum Gasteiger partial charge on any atom is -0.390 e. The van der Waals surface area contributed by atoms with E-state index in [1.165, 1.54) is 4.68 Å². The van der Waals surface area contributed by atoms with Crippen LogP contribution in [0, 0.1) is 0 Å². The zero-order valence-corrected chi connectivity index (χ0v) is 9.24. The minimum atomic E-state index is -0.648. The predicted molar refractivity (Wildman–Crippen MR) is 54.6 cm³/mol. The van der Waals surface area contributed by atoms with Crippen molar-refractivity contribution >= 4 is 0 Å². The highest BCUT2D eigenvalue weighted by Gasteiger charge is 2.07. The van der Waals surface area contributed by atoms with Crippen LogP contribution in [-0.4, -0.2) is 58.2 Å². The van der Waals surface area contributed by atoms with Crippen molar-refractivity contribution in [1.82, 2.24) is 15.0 Å². The summed E-state index contributed by atoms with van der Waals surface area (Å²) in [6.07, 6.45) is 0.934. The Labute approximate surface area is 93.6 Å². The second-order valence-corrected chi connectivity index (χ2v) is 3.31. The third-order valence-electron chi connectivity index (χ3n) is 1.89. The number of nitrogens with zero attached hydrogens (tertiary/aromatic N) is 3. The Kier molecular flexibility index (Phi) is 5.94. The van der Waals surface area contributed by atoms with Crippen LogP contribution in [0.3, 0.4) is 0 Å². The summed E-state index contributed by atoms with van der Waals surface area (Å²) in [5.74, 6) is 0. The summed E-state index contributed by atoms with van der Waals surface area (Å²) >= 11 is 0. The first-order valence-corrected chi connectivity index (χ1v) is 5.01. The van der Waals surface area contributed by atoms with Crippen molar-refractivity contribution in [2.45, 2.75) is 19.3 Å². The molecule has 1 aromatic heterocycles. The molecule has 0 fully saturated rings. The van der Waals surface area contributed by atoms with Crippen LogP contribution in [-0.2, 0) is 22.6 Å². The lowest BCUT2D eigenvalue weighted by Gasteiger charge is -2.10. The summed E-state index contributed by atoms with van der Waals surface area (Å²) < 4.78 is 11.4. The molecule has 7 nitrogen and oxygen atoms in total. The van der Waals surface area contributed by atoms with E-state index in [0.717, 1.165) is 0 Å². The molecule has 0 saturated heterocycles. The highest BCUT2D eigenvalue weighted by molar-refractivity contribution is 4.89. The van der Waals surface area contributed by atoms with Crippen LogP contribution in [0.4, 0.5) is 0 Å². The molecule has 16 heavy (non-hydrogen) atoms. The third kappa shape index (κ3) is 4.67. The molecule has 92 valence electrons. The fraction of sp³-hybridized carbons (Fsp3) is 0.778. The average Bonchev–Trinajstić information content (AvgIpc) is 2.72. The molecule has 0 aliphatic rings. The van der Waals surface area contributed by atoms with E-state index in [9.17, 15) is 5.11 Å². The van der Waals surface area contributed by atoms with E-state index < -0.39 is 6.10 Å². The lowest BCUT2D eigenvalue weighted by Crippen LogP contribution is -2.23. The first-order valence-electron chi connectivity index (χ1n) is 5.01. The first-order chi connectivity index (χ1) is 7.76. The van der Waals surface area contributed by atoms with Gasteiger partial charge in [-0.2, -0.15) is 0 Å². The van der Waals surface area contributed by atoms with Crippen molar-refractivity contribution < 1.29 is 19.7 Å². The number of aliphatic hydroxyl groups excluding tert-OH is 2. The average molecular weight is 231 g/mol. The molecule has 0 radical (unpaired) electrons. The Morgan fingerprint density at radius 3 is 2.94 bits per heavy atom. The van der Waals surface area contributed by atoms with E-state index in [1.54, 1.807) is 13.3 Å². The maximum Gasteiger partial charge on any atom is 0.108 e. The largest absolute Gasteiger partial charge is 0.390 e. The van der Waals surface area contributed by atoms with Gasteiger partial charge in [0.25, 0.3) is 0 Å². The summed E-state index contributed by atoms with van der Waals surface area (Å²) in [5, 5.41) is 25.8. The van der Waals surface area contributed by atoms with E-state index in [4.69, 9.17) is 14.6 Å². The number of hydrogen-bond donors (Lipinski definition) is 2. The first kappa shape index (κ1) is 13.0. The number of ether oxygens (including phenoxy) is 2. The number of methoxy groups -OCH3 is 1. The number of aromatic nitrogens is 3. The van der Waals surface area contributed by atoms with Gasteiger partial charge in [-0.05, 0) is 0 Å². The van der Waals surface area contributed by atoms with Gasteiger partial charge in [0.1, 0.15) is 5.69 Å². The van der Waals surface area contributed by atoms with Gasteiger partial charge < -0.3 is 19.7 Å². The molecule has 0 bridgehead atoms. The van der Waals surface area contributed by atoms with Crippen LogP contribution in [0.5, 0.6) is 0 Å². The summed E-state index contributed by atoms with van der Waals surface area (Å²) in [4.78, 5) is 0. The van der Waals surface area contributed by atoms with Crippen molar-refractivity contribution in [3.8, 4) is 0 Å². The summed E-state index contributed by atoms with van der Waals surface area (Å²) in [7, 11) is 1.59. The van der Waals surface area contributed by atoms with Gasteiger partial charge in [0, 0.05) is 7.11 Å². The number of rotatable bonds is 8. The van der Waals surface area contributed by atoms with Gasteiger partial charge in [-0.15, -0.1) is 5.10 Å². The quantitative estimate of drug-likeness (QED) is 0.546. The van der Waals surface area contributed by atoms with Crippen LogP contribution >= 0.6 is 0 Å². The number of hydrogen-bond acceptors (Lipinski definition) is 6. The van der Waals surface area contributed by atoms with Crippen LogP contribution in [0.1, 0.15) is 5.69 Å². The molecule has 0 aromatic carbocycles. The lowest BCUT2D eigenvalue weighted by molar-refractivity contribution is 0.00578. The van der Waals surface area contributed by atoms with Crippen LogP contribution < -0.4 is 0 Å². The van der Waals surface area contributed by atoms with Crippen molar-refractivity contribution in [2.75, 3.05) is 26.9 Å². The molecule has 1 rings (SSSR count). The van der Waals surface area contributed by atoms with Gasteiger partial charge in [0.05, 0.1) is 45.3 Å². The molecule has 0 aliphatic carbocycles. The van der Waals surface area contributed by atoms with E-state index in [-0.39, 0.29) is 13.2 Å². The maximum absolute atomic E-state index is 9.57. The molecule has 1 unspecified atom stereocenters. The van der Waals surface area contributed by atoms with Crippen molar-refractivity contribution in [3.05, 3.63) is 11.9 Å². The zero-order valence-electron chi connectivity index (χ0n) is 9.24. The Hall–Kier alpha value is -1.02. The summed E-state index contributed by atoms with van der Waals surface area (Å²) in [5.41, 5.74) is 0.479. The third-order valence-corrected chi connectivity index (χ3v) is 1.89. The molecule has 0 spiro atoms. The molecule has 0 amide bonds. The van der Waals surface area contributed by atoms with Crippen LogP contribution in [0.15, 0.2) is 6.20 Å². The van der Waals surface area contributed by atoms with Gasteiger partial charge in [-0.25, -0.2) is 4.68 Å². The summed E-state index contributed by atoms with van der Waals surface area (Å²) in [6, 6.07) is 0. The van der Waals surface area contributed by atoms with Crippen molar-refractivity contribution in [1.29, 1.82) is 0 Å². The van der Waals surface area contributed by atoms with Gasteiger partial charge >= 0.3 is 0 Å². The normalized spacial score (nSPS) is 12.9. The molecule has 2 N–H and O–H groups in total. The van der Waals surface area contributed by atoms with Crippen LogP contribution in [0.25, 0.3) is 0 Å². The molecule has 1 atom stereocenters. The lowest BCUT2D eigenvalue weighted by atomic mass is 10.4. The highest BCUT2D eigenvalue weighted by Crippen LogP contribution is 1.95. The molecule has 1 heterocycles. The predicted octanol–water partition coefficient (Wildman–Crippen LogP) is -1.21. The van der Waals surface area contributed by atoms with Crippen LogP contribution in [0.2, 0.25) is 0 Å². The zero-order chi connectivity index (χ0) is 11.8. The fourth-order valence-electron chi connectivity index (χ4n) is 1.13. The number of aliphatic hydroxyl groups is 2.